The number of aromatic nitrogens is 1. The second kappa shape index (κ2) is 7.84. The lowest BCUT2D eigenvalue weighted by Crippen LogP contribution is -2.38. The molecular weight excluding hydrogens is 294 g/mol. The van der Waals surface area contributed by atoms with Crippen LogP contribution in [0.25, 0.3) is 0 Å². The first kappa shape index (κ1) is 16.4. The molecule has 0 saturated heterocycles. The Morgan fingerprint density at radius 2 is 1.86 bits per heavy atom. The Morgan fingerprint density at radius 3 is 2.45 bits per heavy atom. The van der Waals surface area contributed by atoms with Crippen molar-refractivity contribution in [3.8, 4) is 0 Å². The van der Waals surface area contributed by atoms with Gasteiger partial charge in [0.15, 0.2) is 0 Å². The normalized spacial score (nSPS) is 11.8. The number of hydrogen-bond acceptors (Lipinski definition) is 3. The fourth-order valence-corrected chi connectivity index (χ4v) is 2.52. The minimum absolute atomic E-state index is 0.0446. The van der Waals surface area contributed by atoms with Crippen molar-refractivity contribution < 1.29 is 4.79 Å². The molecule has 0 bridgehead atoms. The molecule has 0 radical (unpaired) electrons. The van der Waals surface area contributed by atoms with E-state index in [0.29, 0.717) is 6.54 Å². The number of amides is 2. The van der Waals surface area contributed by atoms with Crippen molar-refractivity contribution in [3.05, 3.63) is 59.9 Å². The third-order valence-corrected chi connectivity index (χ3v) is 4.22. The summed E-state index contributed by atoms with van der Waals surface area (Å²) in [6.45, 7) is 2.55. The zero-order chi connectivity index (χ0) is 15.9. The van der Waals surface area contributed by atoms with Gasteiger partial charge in [0.25, 0.3) is 0 Å². The average molecular weight is 315 g/mol. The van der Waals surface area contributed by atoms with Crippen LogP contribution in [0.5, 0.6) is 0 Å². The molecule has 1 unspecified atom stereocenters. The number of carbonyl (C=O) groups is 1. The average Bonchev–Trinajstić information content (AvgIpc) is 2.56. The van der Waals surface area contributed by atoms with Crippen LogP contribution in [0.1, 0.15) is 24.1 Å². The molecule has 0 aliphatic rings. The highest BCUT2D eigenvalue weighted by molar-refractivity contribution is 7.98. The van der Waals surface area contributed by atoms with Crippen LogP contribution < -0.4 is 5.32 Å². The van der Waals surface area contributed by atoms with Gasteiger partial charge in [0.05, 0.1) is 6.04 Å². The zero-order valence-electron chi connectivity index (χ0n) is 13.1. The summed E-state index contributed by atoms with van der Waals surface area (Å²) in [6, 6.07) is 12.0. The van der Waals surface area contributed by atoms with Gasteiger partial charge in [-0.15, -0.1) is 11.8 Å². The van der Waals surface area contributed by atoms with E-state index in [-0.39, 0.29) is 12.1 Å². The Morgan fingerprint density at radius 1 is 1.23 bits per heavy atom. The van der Waals surface area contributed by atoms with E-state index >= 15 is 0 Å². The van der Waals surface area contributed by atoms with Crippen LogP contribution in [0, 0.1) is 0 Å². The highest BCUT2D eigenvalue weighted by atomic mass is 32.2. The quantitative estimate of drug-likeness (QED) is 0.856. The molecule has 0 spiro atoms. The SMILES string of the molecule is CSc1ccc(CN(C)C(=O)NC(C)c2ccncc2)cc1. The molecule has 1 aromatic heterocycles. The maximum Gasteiger partial charge on any atom is 0.317 e. The number of rotatable bonds is 5. The summed E-state index contributed by atoms with van der Waals surface area (Å²) >= 11 is 1.71. The molecule has 0 fully saturated rings. The zero-order valence-corrected chi connectivity index (χ0v) is 13.9. The van der Waals surface area contributed by atoms with Crippen molar-refractivity contribution in [2.24, 2.45) is 0 Å². The molecule has 1 heterocycles. The number of urea groups is 1. The highest BCUT2D eigenvalue weighted by Crippen LogP contribution is 2.16. The fraction of sp³-hybridized carbons (Fsp3) is 0.294. The lowest BCUT2D eigenvalue weighted by Gasteiger charge is -2.21. The summed E-state index contributed by atoms with van der Waals surface area (Å²) < 4.78 is 0. The molecule has 4 nitrogen and oxygen atoms in total. The van der Waals surface area contributed by atoms with Crippen molar-refractivity contribution in [1.29, 1.82) is 0 Å². The molecule has 2 aromatic rings. The Balaban J connectivity index is 1.91. The highest BCUT2D eigenvalue weighted by Gasteiger charge is 2.13. The van der Waals surface area contributed by atoms with Gasteiger partial charge in [-0.2, -0.15) is 0 Å². The minimum atomic E-state index is -0.0849. The summed E-state index contributed by atoms with van der Waals surface area (Å²) in [7, 11) is 1.80. The van der Waals surface area contributed by atoms with Crippen molar-refractivity contribution in [3.63, 3.8) is 0 Å². The van der Waals surface area contributed by atoms with Crippen LogP contribution in [-0.2, 0) is 6.54 Å². The maximum absolute atomic E-state index is 12.2. The van der Waals surface area contributed by atoms with E-state index in [1.165, 1.54) is 4.90 Å². The minimum Gasteiger partial charge on any atom is -0.331 e. The molecule has 0 aliphatic heterocycles. The lowest BCUT2D eigenvalue weighted by atomic mass is 10.1. The van der Waals surface area contributed by atoms with Gasteiger partial charge in [-0.3, -0.25) is 4.98 Å². The number of thioether (sulfide) groups is 1. The molecule has 1 atom stereocenters. The fourth-order valence-electron chi connectivity index (χ4n) is 2.11. The lowest BCUT2D eigenvalue weighted by molar-refractivity contribution is 0.203. The first-order valence-corrected chi connectivity index (χ1v) is 8.37. The van der Waals surface area contributed by atoms with E-state index in [9.17, 15) is 4.79 Å². The third-order valence-electron chi connectivity index (χ3n) is 3.47. The number of nitrogens with one attached hydrogen (secondary N) is 1. The van der Waals surface area contributed by atoms with Crippen molar-refractivity contribution in [2.75, 3.05) is 13.3 Å². The Bertz CT molecular complexity index is 601. The van der Waals surface area contributed by atoms with Crippen LogP contribution in [0.15, 0.2) is 53.7 Å². The van der Waals surface area contributed by atoms with Crippen LogP contribution in [-0.4, -0.2) is 29.2 Å². The maximum atomic E-state index is 12.2. The van der Waals surface area contributed by atoms with E-state index in [0.717, 1.165) is 11.1 Å². The molecule has 2 amide bonds. The van der Waals surface area contributed by atoms with Gasteiger partial charge in [0.2, 0.25) is 0 Å². The largest absolute Gasteiger partial charge is 0.331 e. The molecule has 0 aliphatic carbocycles. The van der Waals surface area contributed by atoms with Crippen molar-refractivity contribution >= 4 is 17.8 Å². The van der Waals surface area contributed by atoms with Gasteiger partial charge in [0.1, 0.15) is 0 Å². The second-order valence-corrected chi connectivity index (χ2v) is 6.04. The number of pyridine rings is 1. The van der Waals surface area contributed by atoms with E-state index in [1.54, 1.807) is 36.1 Å². The molecule has 2 rings (SSSR count). The third kappa shape index (κ3) is 4.49. The van der Waals surface area contributed by atoms with Gasteiger partial charge in [0, 0.05) is 30.9 Å². The predicted octanol–water partition coefficient (Wildman–Crippen LogP) is 3.71. The molecule has 22 heavy (non-hydrogen) atoms. The second-order valence-electron chi connectivity index (χ2n) is 5.16. The van der Waals surface area contributed by atoms with Crippen molar-refractivity contribution in [1.82, 2.24) is 15.2 Å². The molecule has 116 valence electrons. The molecular formula is C17H21N3OS. The van der Waals surface area contributed by atoms with Crippen molar-refractivity contribution in [2.45, 2.75) is 24.4 Å². The first-order chi connectivity index (χ1) is 10.6. The van der Waals surface area contributed by atoms with Gasteiger partial charge >= 0.3 is 6.03 Å². The number of hydrogen-bond donors (Lipinski definition) is 1. The van der Waals surface area contributed by atoms with Crippen LogP contribution in [0.4, 0.5) is 4.79 Å². The number of benzene rings is 1. The summed E-state index contributed by atoms with van der Waals surface area (Å²) in [5.74, 6) is 0. The Kier molecular flexibility index (Phi) is 5.83. The smallest absolute Gasteiger partial charge is 0.317 e. The van der Waals surface area contributed by atoms with E-state index < -0.39 is 0 Å². The summed E-state index contributed by atoms with van der Waals surface area (Å²) in [5.41, 5.74) is 2.16. The Hall–Kier alpha value is -2.01. The number of carbonyl (C=O) groups excluding carboxylic acids is 1. The van der Waals surface area contributed by atoms with Crippen LogP contribution in [0.3, 0.4) is 0 Å². The Labute approximate surface area is 135 Å². The van der Waals surface area contributed by atoms with Gasteiger partial charge in [-0.05, 0) is 48.6 Å². The van der Waals surface area contributed by atoms with Gasteiger partial charge in [-0.1, -0.05) is 12.1 Å². The van der Waals surface area contributed by atoms with E-state index in [4.69, 9.17) is 0 Å². The summed E-state index contributed by atoms with van der Waals surface area (Å²) in [6.07, 6.45) is 5.51. The first-order valence-electron chi connectivity index (χ1n) is 7.14. The predicted molar refractivity (Wildman–Crippen MR) is 90.9 cm³/mol. The van der Waals surface area contributed by atoms with Crippen LogP contribution >= 0.6 is 11.8 Å². The van der Waals surface area contributed by atoms with E-state index in [2.05, 4.69) is 40.8 Å². The molecule has 5 heteroatoms. The molecule has 1 aromatic carbocycles. The van der Waals surface area contributed by atoms with Gasteiger partial charge < -0.3 is 10.2 Å². The number of nitrogens with zero attached hydrogens (tertiary/aromatic N) is 2. The van der Waals surface area contributed by atoms with Gasteiger partial charge in [-0.25, -0.2) is 4.79 Å². The molecule has 1 N–H and O–H groups in total. The summed E-state index contributed by atoms with van der Waals surface area (Å²) in [5, 5.41) is 2.99. The monoisotopic (exact) mass is 315 g/mol. The van der Waals surface area contributed by atoms with E-state index in [1.807, 2.05) is 19.1 Å². The van der Waals surface area contributed by atoms with Crippen LogP contribution in [0.2, 0.25) is 0 Å². The summed E-state index contributed by atoms with van der Waals surface area (Å²) in [4.78, 5) is 19.1. The topological polar surface area (TPSA) is 45.2 Å². The molecule has 0 saturated carbocycles. The standard InChI is InChI=1S/C17H21N3OS/c1-13(15-8-10-18-11-9-15)19-17(21)20(2)12-14-4-6-16(22-3)7-5-14/h4-11,13H,12H2,1-3H3,(H,19,21).